The lowest BCUT2D eigenvalue weighted by Crippen LogP contribution is -2.09. The van der Waals surface area contributed by atoms with Crippen LogP contribution in [0, 0.1) is 0 Å². The fraction of sp³-hybridized carbons (Fsp3) is 0.364. The Morgan fingerprint density at radius 1 is 1.47 bits per heavy atom. The number of nitrogen functional groups attached to an aromatic ring is 1. The van der Waals surface area contributed by atoms with Crippen molar-refractivity contribution in [2.45, 2.75) is 13.3 Å². The number of rotatable bonds is 4. The molecule has 0 bridgehead atoms. The summed E-state index contributed by atoms with van der Waals surface area (Å²) in [5.74, 6) is 0.270. The number of ether oxygens (including phenoxy) is 2. The molecule has 15 heavy (non-hydrogen) atoms. The van der Waals surface area contributed by atoms with Crippen molar-refractivity contribution in [1.29, 1.82) is 0 Å². The van der Waals surface area contributed by atoms with Gasteiger partial charge in [0.1, 0.15) is 5.75 Å². The second-order valence-electron chi connectivity index (χ2n) is 3.02. The van der Waals surface area contributed by atoms with Crippen molar-refractivity contribution < 1.29 is 14.3 Å². The first-order chi connectivity index (χ1) is 7.19. The average Bonchev–Trinajstić information content (AvgIpc) is 2.18. The van der Waals surface area contributed by atoms with Gasteiger partial charge in [-0.15, -0.1) is 0 Å². The topological polar surface area (TPSA) is 61.5 Å². The van der Waals surface area contributed by atoms with Gasteiger partial charge in [0, 0.05) is 5.56 Å². The highest BCUT2D eigenvalue weighted by Gasteiger charge is 2.11. The van der Waals surface area contributed by atoms with Crippen molar-refractivity contribution in [1.82, 2.24) is 0 Å². The van der Waals surface area contributed by atoms with E-state index in [-0.39, 0.29) is 12.4 Å². The maximum atomic E-state index is 11.3. The standard InChI is InChI=1S/C11H15NO3/c1-3-15-10(13)7-8-5-4-6-9(12)11(8)14-2/h4-6H,3,7,12H2,1-2H3. The lowest BCUT2D eigenvalue weighted by Gasteiger charge is -2.10. The minimum Gasteiger partial charge on any atom is -0.494 e. The van der Waals surface area contributed by atoms with Crippen LogP contribution in [-0.4, -0.2) is 19.7 Å². The first kappa shape index (κ1) is 11.4. The van der Waals surface area contributed by atoms with Gasteiger partial charge in [-0.1, -0.05) is 12.1 Å². The molecular weight excluding hydrogens is 194 g/mol. The van der Waals surface area contributed by atoms with Gasteiger partial charge < -0.3 is 15.2 Å². The summed E-state index contributed by atoms with van der Waals surface area (Å²) in [5.41, 5.74) is 6.98. The number of carbonyl (C=O) groups excluding carboxylic acids is 1. The Morgan fingerprint density at radius 3 is 2.80 bits per heavy atom. The Hall–Kier alpha value is -1.71. The number of para-hydroxylation sites is 1. The second-order valence-corrected chi connectivity index (χ2v) is 3.02. The van der Waals surface area contributed by atoms with E-state index in [4.69, 9.17) is 15.2 Å². The Bertz CT molecular complexity index is 350. The highest BCUT2D eigenvalue weighted by molar-refractivity contribution is 5.75. The molecule has 4 heteroatoms. The van der Waals surface area contributed by atoms with E-state index in [9.17, 15) is 4.79 Å². The Kier molecular flexibility index (Phi) is 3.97. The summed E-state index contributed by atoms with van der Waals surface area (Å²) < 4.78 is 9.97. The van der Waals surface area contributed by atoms with E-state index in [1.54, 1.807) is 25.1 Å². The first-order valence-electron chi connectivity index (χ1n) is 4.76. The molecule has 0 aromatic heterocycles. The number of hydrogen-bond donors (Lipinski definition) is 1. The largest absolute Gasteiger partial charge is 0.494 e. The van der Waals surface area contributed by atoms with E-state index < -0.39 is 0 Å². The van der Waals surface area contributed by atoms with Crippen molar-refractivity contribution in [2.24, 2.45) is 0 Å². The summed E-state index contributed by atoms with van der Waals surface area (Å²) in [4.78, 5) is 11.3. The molecule has 0 aliphatic heterocycles. The molecule has 2 N–H and O–H groups in total. The van der Waals surface area contributed by atoms with Gasteiger partial charge in [-0.2, -0.15) is 0 Å². The maximum absolute atomic E-state index is 11.3. The van der Waals surface area contributed by atoms with Crippen LogP contribution in [0.4, 0.5) is 5.69 Å². The lowest BCUT2D eigenvalue weighted by molar-refractivity contribution is -0.142. The normalized spacial score (nSPS) is 9.73. The number of anilines is 1. The molecule has 4 nitrogen and oxygen atoms in total. The van der Waals surface area contributed by atoms with Gasteiger partial charge in [0.05, 0.1) is 25.8 Å². The molecule has 0 spiro atoms. The van der Waals surface area contributed by atoms with Crippen molar-refractivity contribution in [2.75, 3.05) is 19.5 Å². The van der Waals surface area contributed by atoms with E-state index in [2.05, 4.69) is 0 Å². The van der Waals surface area contributed by atoms with Gasteiger partial charge in [0.2, 0.25) is 0 Å². The highest BCUT2D eigenvalue weighted by Crippen LogP contribution is 2.26. The van der Waals surface area contributed by atoms with Gasteiger partial charge in [0.25, 0.3) is 0 Å². The van der Waals surface area contributed by atoms with Gasteiger partial charge in [-0.25, -0.2) is 0 Å². The zero-order chi connectivity index (χ0) is 11.3. The van der Waals surface area contributed by atoms with Crippen LogP contribution in [0.25, 0.3) is 0 Å². The molecule has 82 valence electrons. The van der Waals surface area contributed by atoms with E-state index >= 15 is 0 Å². The third-order valence-corrected chi connectivity index (χ3v) is 1.97. The van der Waals surface area contributed by atoms with E-state index in [0.29, 0.717) is 18.0 Å². The molecule has 1 rings (SSSR count). The number of carbonyl (C=O) groups is 1. The van der Waals surface area contributed by atoms with Gasteiger partial charge in [-0.3, -0.25) is 4.79 Å². The van der Waals surface area contributed by atoms with Crippen LogP contribution in [0.15, 0.2) is 18.2 Å². The Morgan fingerprint density at radius 2 is 2.20 bits per heavy atom. The smallest absolute Gasteiger partial charge is 0.310 e. The molecule has 0 atom stereocenters. The number of methoxy groups -OCH3 is 1. The van der Waals surface area contributed by atoms with Gasteiger partial charge >= 0.3 is 5.97 Å². The van der Waals surface area contributed by atoms with Crippen molar-refractivity contribution in [3.63, 3.8) is 0 Å². The summed E-state index contributed by atoms with van der Waals surface area (Å²) in [6.45, 7) is 2.15. The number of hydrogen-bond acceptors (Lipinski definition) is 4. The SMILES string of the molecule is CCOC(=O)Cc1cccc(N)c1OC. The molecule has 0 amide bonds. The molecule has 0 radical (unpaired) electrons. The van der Waals surface area contributed by atoms with Gasteiger partial charge in [0.15, 0.2) is 0 Å². The van der Waals surface area contributed by atoms with Crippen LogP contribution in [0.3, 0.4) is 0 Å². The summed E-state index contributed by atoms with van der Waals surface area (Å²) in [5, 5.41) is 0. The van der Waals surface area contributed by atoms with E-state index in [1.165, 1.54) is 7.11 Å². The molecule has 1 aromatic carbocycles. The van der Waals surface area contributed by atoms with Crippen LogP contribution in [0.1, 0.15) is 12.5 Å². The summed E-state index contributed by atoms with van der Waals surface area (Å²) in [6, 6.07) is 5.31. The van der Waals surface area contributed by atoms with E-state index in [1.807, 2.05) is 0 Å². The maximum Gasteiger partial charge on any atom is 0.310 e. The second kappa shape index (κ2) is 5.24. The number of benzene rings is 1. The van der Waals surface area contributed by atoms with Crippen molar-refractivity contribution >= 4 is 11.7 Å². The molecule has 0 saturated carbocycles. The monoisotopic (exact) mass is 209 g/mol. The Labute approximate surface area is 89.0 Å². The van der Waals surface area contributed by atoms with Crippen LogP contribution in [-0.2, 0) is 16.0 Å². The minimum atomic E-state index is -0.276. The molecule has 0 fully saturated rings. The third kappa shape index (κ3) is 2.87. The summed E-state index contributed by atoms with van der Waals surface area (Å²) in [7, 11) is 1.53. The van der Waals surface area contributed by atoms with Crippen LogP contribution in [0.5, 0.6) is 5.75 Å². The molecule has 0 heterocycles. The zero-order valence-electron chi connectivity index (χ0n) is 8.95. The Balaban J connectivity index is 2.84. The number of nitrogens with two attached hydrogens (primary N) is 1. The first-order valence-corrected chi connectivity index (χ1v) is 4.76. The van der Waals surface area contributed by atoms with Crippen LogP contribution in [0.2, 0.25) is 0 Å². The zero-order valence-corrected chi connectivity index (χ0v) is 8.95. The third-order valence-electron chi connectivity index (χ3n) is 1.97. The average molecular weight is 209 g/mol. The minimum absolute atomic E-state index is 0.183. The lowest BCUT2D eigenvalue weighted by atomic mass is 10.1. The fourth-order valence-electron chi connectivity index (χ4n) is 1.36. The van der Waals surface area contributed by atoms with Crippen LogP contribution >= 0.6 is 0 Å². The summed E-state index contributed by atoms with van der Waals surface area (Å²) in [6.07, 6.45) is 0.183. The quantitative estimate of drug-likeness (QED) is 0.601. The summed E-state index contributed by atoms with van der Waals surface area (Å²) >= 11 is 0. The highest BCUT2D eigenvalue weighted by atomic mass is 16.5. The van der Waals surface area contributed by atoms with Crippen LogP contribution < -0.4 is 10.5 Å². The predicted octanol–water partition coefficient (Wildman–Crippen LogP) is 1.38. The molecule has 0 unspecified atom stereocenters. The van der Waals surface area contributed by atoms with E-state index in [0.717, 1.165) is 5.56 Å². The molecule has 1 aromatic rings. The molecular formula is C11H15NO3. The van der Waals surface area contributed by atoms with Crippen molar-refractivity contribution in [3.05, 3.63) is 23.8 Å². The number of esters is 1. The molecule has 0 saturated heterocycles. The van der Waals surface area contributed by atoms with Crippen molar-refractivity contribution in [3.8, 4) is 5.75 Å². The predicted molar refractivity (Wildman–Crippen MR) is 57.7 cm³/mol. The van der Waals surface area contributed by atoms with Gasteiger partial charge in [-0.05, 0) is 13.0 Å². The fourth-order valence-corrected chi connectivity index (χ4v) is 1.36. The molecule has 0 aliphatic rings. The molecule has 0 aliphatic carbocycles.